The molecule has 2 aromatic rings. The number of rotatable bonds is 7. The zero-order valence-electron chi connectivity index (χ0n) is 17.4. The molecule has 0 saturated carbocycles. The predicted octanol–water partition coefficient (Wildman–Crippen LogP) is 2.84. The van der Waals surface area contributed by atoms with Crippen molar-refractivity contribution in [3.63, 3.8) is 0 Å². The van der Waals surface area contributed by atoms with Gasteiger partial charge in [-0.2, -0.15) is 4.31 Å². The highest BCUT2D eigenvalue weighted by Crippen LogP contribution is 2.26. The monoisotopic (exact) mass is 447 g/mol. The molecule has 1 aliphatic heterocycles. The minimum atomic E-state index is -3.68. The molecule has 1 atom stereocenters. The molecule has 0 N–H and O–H groups in total. The third kappa shape index (κ3) is 5.09. The van der Waals surface area contributed by atoms with Crippen LogP contribution in [0.3, 0.4) is 0 Å². The van der Waals surface area contributed by atoms with Gasteiger partial charge in [0.25, 0.3) is 5.69 Å². The Morgan fingerprint density at radius 3 is 2.35 bits per heavy atom. The van der Waals surface area contributed by atoms with Crippen molar-refractivity contribution in [2.75, 3.05) is 32.8 Å². The third-order valence-electron chi connectivity index (χ3n) is 5.39. The van der Waals surface area contributed by atoms with Gasteiger partial charge in [-0.1, -0.05) is 12.1 Å². The number of esters is 1. The molecule has 166 valence electrons. The summed E-state index contributed by atoms with van der Waals surface area (Å²) in [5.41, 5.74) is 1.16. The Hall–Kier alpha value is -2.82. The Morgan fingerprint density at radius 1 is 1.13 bits per heavy atom. The molecule has 3 rings (SSSR count). The Morgan fingerprint density at radius 2 is 1.77 bits per heavy atom. The maximum atomic E-state index is 13.0. The molecule has 0 bridgehead atoms. The van der Waals surface area contributed by atoms with Crippen LogP contribution >= 0.6 is 0 Å². The highest BCUT2D eigenvalue weighted by Gasteiger charge is 2.30. The molecule has 10 heteroatoms. The van der Waals surface area contributed by atoms with Gasteiger partial charge >= 0.3 is 5.97 Å². The van der Waals surface area contributed by atoms with Crippen molar-refractivity contribution in [3.05, 3.63) is 69.8 Å². The van der Waals surface area contributed by atoms with Crippen LogP contribution in [-0.4, -0.2) is 61.3 Å². The summed E-state index contributed by atoms with van der Waals surface area (Å²) in [6.07, 6.45) is 0. The first-order valence-electron chi connectivity index (χ1n) is 9.99. The number of carbonyl (C=O) groups is 1. The summed E-state index contributed by atoms with van der Waals surface area (Å²) >= 11 is 0. The summed E-state index contributed by atoms with van der Waals surface area (Å²) in [7, 11) is -3.68. The topological polar surface area (TPSA) is 110 Å². The Kier molecular flexibility index (Phi) is 7.04. The second-order valence-corrected chi connectivity index (χ2v) is 9.15. The molecule has 1 saturated heterocycles. The minimum Gasteiger partial charge on any atom is -0.462 e. The van der Waals surface area contributed by atoms with E-state index in [1.807, 2.05) is 13.0 Å². The summed E-state index contributed by atoms with van der Waals surface area (Å²) in [6.45, 7) is 5.53. The Labute approximate surface area is 181 Å². The standard InChI is InChI=1S/C21H25N3O6S/c1-3-30-21(25)17-7-9-20(10-8-17)31(28,29)23-13-11-22(12-14-23)16(2)18-5-4-6-19(15-18)24(26)27/h4-10,15-16H,3,11-14H2,1-2H3. The van der Waals surface area contributed by atoms with Gasteiger partial charge in [-0.15, -0.1) is 0 Å². The first-order valence-corrected chi connectivity index (χ1v) is 11.4. The summed E-state index contributed by atoms with van der Waals surface area (Å²) in [4.78, 5) is 24.6. The first kappa shape index (κ1) is 22.9. The van der Waals surface area contributed by atoms with Crippen LogP contribution in [0.25, 0.3) is 0 Å². The molecule has 1 heterocycles. The van der Waals surface area contributed by atoms with E-state index in [0.29, 0.717) is 31.7 Å². The predicted molar refractivity (Wildman–Crippen MR) is 114 cm³/mol. The molecule has 0 spiro atoms. The van der Waals surface area contributed by atoms with Crippen LogP contribution in [0.15, 0.2) is 53.4 Å². The highest BCUT2D eigenvalue weighted by atomic mass is 32.2. The second kappa shape index (κ2) is 9.54. The lowest BCUT2D eigenvalue weighted by Gasteiger charge is -2.37. The van der Waals surface area contributed by atoms with Gasteiger partial charge in [0, 0.05) is 44.4 Å². The number of nitro benzene ring substituents is 1. The summed E-state index contributed by atoms with van der Waals surface area (Å²) in [5, 5.41) is 11.0. The molecule has 1 unspecified atom stereocenters. The average Bonchev–Trinajstić information content (AvgIpc) is 2.79. The molecule has 0 aliphatic carbocycles. The Balaban J connectivity index is 1.66. The first-order chi connectivity index (χ1) is 14.7. The number of carbonyl (C=O) groups excluding carboxylic acids is 1. The van der Waals surface area contributed by atoms with Gasteiger partial charge in [0.2, 0.25) is 10.0 Å². The molecule has 2 aromatic carbocycles. The maximum absolute atomic E-state index is 13.0. The molecular formula is C21H25N3O6S. The molecule has 0 radical (unpaired) electrons. The van der Waals surface area contributed by atoms with Gasteiger partial charge in [-0.05, 0) is 43.7 Å². The van der Waals surface area contributed by atoms with Gasteiger partial charge in [0.1, 0.15) is 0 Å². The summed E-state index contributed by atoms with van der Waals surface area (Å²) in [5.74, 6) is -0.491. The normalized spacial score (nSPS) is 16.6. The van der Waals surface area contributed by atoms with Crippen molar-refractivity contribution < 1.29 is 22.9 Å². The molecule has 0 aromatic heterocycles. The largest absolute Gasteiger partial charge is 0.462 e. The quantitative estimate of drug-likeness (QED) is 0.365. The lowest BCUT2D eigenvalue weighted by Crippen LogP contribution is -2.49. The lowest BCUT2D eigenvalue weighted by atomic mass is 10.1. The number of nitrogens with zero attached hydrogens (tertiary/aromatic N) is 3. The van der Waals surface area contributed by atoms with Gasteiger partial charge in [-0.25, -0.2) is 13.2 Å². The van der Waals surface area contributed by atoms with E-state index in [0.717, 1.165) is 5.56 Å². The Bertz CT molecular complexity index is 1050. The van der Waals surface area contributed by atoms with Crippen molar-refractivity contribution in [2.24, 2.45) is 0 Å². The number of hydrogen-bond donors (Lipinski definition) is 0. The molecule has 1 aliphatic rings. The maximum Gasteiger partial charge on any atom is 0.338 e. The van der Waals surface area contributed by atoms with E-state index in [-0.39, 0.29) is 23.2 Å². The zero-order valence-corrected chi connectivity index (χ0v) is 18.2. The average molecular weight is 448 g/mol. The van der Waals surface area contributed by atoms with E-state index in [9.17, 15) is 23.3 Å². The van der Waals surface area contributed by atoms with Crippen LogP contribution in [0.5, 0.6) is 0 Å². The van der Waals surface area contributed by atoms with Gasteiger partial charge in [-0.3, -0.25) is 15.0 Å². The van der Waals surface area contributed by atoms with E-state index in [2.05, 4.69) is 4.90 Å². The summed E-state index contributed by atoms with van der Waals surface area (Å²) in [6, 6.07) is 12.2. The van der Waals surface area contributed by atoms with Crippen molar-refractivity contribution in [1.82, 2.24) is 9.21 Å². The fraction of sp³-hybridized carbons (Fsp3) is 0.381. The fourth-order valence-corrected chi connectivity index (χ4v) is 4.99. The molecule has 0 amide bonds. The summed E-state index contributed by atoms with van der Waals surface area (Å²) < 4.78 is 32.3. The number of nitro groups is 1. The number of non-ortho nitro benzene ring substituents is 1. The van der Waals surface area contributed by atoms with Crippen LogP contribution in [0.1, 0.15) is 35.8 Å². The zero-order chi connectivity index (χ0) is 22.6. The van der Waals surface area contributed by atoms with E-state index < -0.39 is 20.9 Å². The SMILES string of the molecule is CCOC(=O)c1ccc(S(=O)(=O)N2CCN(C(C)c3cccc([N+](=O)[O-])c3)CC2)cc1. The molecule has 9 nitrogen and oxygen atoms in total. The number of sulfonamides is 1. The van der Waals surface area contributed by atoms with Crippen LogP contribution < -0.4 is 0 Å². The van der Waals surface area contributed by atoms with Crippen LogP contribution in [0.4, 0.5) is 5.69 Å². The molecular weight excluding hydrogens is 422 g/mol. The van der Waals surface area contributed by atoms with E-state index in [1.54, 1.807) is 19.1 Å². The van der Waals surface area contributed by atoms with E-state index in [1.165, 1.54) is 34.6 Å². The number of piperazine rings is 1. The minimum absolute atomic E-state index is 0.0387. The van der Waals surface area contributed by atoms with Crippen molar-refractivity contribution in [1.29, 1.82) is 0 Å². The smallest absolute Gasteiger partial charge is 0.338 e. The number of benzene rings is 2. The van der Waals surface area contributed by atoms with Gasteiger partial charge in [0.15, 0.2) is 0 Å². The second-order valence-electron chi connectivity index (χ2n) is 7.21. The number of hydrogen-bond acceptors (Lipinski definition) is 7. The number of ether oxygens (including phenoxy) is 1. The van der Waals surface area contributed by atoms with Crippen LogP contribution in [0, 0.1) is 10.1 Å². The van der Waals surface area contributed by atoms with Crippen LogP contribution in [0.2, 0.25) is 0 Å². The van der Waals surface area contributed by atoms with Crippen molar-refractivity contribution >= 4 is 21.7 Å². The van der Waals surface area contributed by atoms with Gasteiger partial charge < -0.3 is 4.74 Å². The molecule has 31 heavy (non-hydrogen) atoms. The lowest BCUT2D eigenvalue weighted by molar-refractivity contribution is -0.385. The molecule has 1 fully saturated rings. The van der Waals surface area contributed by atoms with E-state index >= 15 is 0 Å². The highest BCUT2D eigenvalue weighted by molar-refractivity contribution is 7.89. The fourth-order valence-electron chi connectivity index (χ4n) is 3.57. The van der Waals surface area contributed by atoms with Crippen molar-refractivity contribution in [3.8, 4) is 0 Å². The third-order valence-corrected chi connectivity index (χ3v) is 7.30. The van der Waals surface area contributed by atoms with Crippen LogP contribution in [-0.2, 0) is 14.8 Å². The van der Waals surface area contributed by atoms with Crippen molar-refractivity contribution in [2.45, 2.75) is 24.8 Å². The van der Waals surface area contributed by atoms with E-state index in [4.69, 9.17) is 4.74 Å². The van der Waals surface area contributed by atoms with Gasteiger partial charge in [0.05, 0.1) is 22.0 Å².